The molecule has 4 N–H and O–H groups in total. The fourth-order valence-electron chi connectivity index (χ4n) is 2.21. The zero-order valence-electron chi connectivity index (χ0n) is 12.1. The van der Waals surface area contributed by atoms with E-state index in [2.05, 4.69) is 9.97 Å². The van der Waals surface area contributed by atoms with Gasteiger partial charge in [0.1, 0.15) is 5.82 Å². The van der Waals surface area contributed by atoms with Crippen molar-refractivity contribution >= 4 is 26.9 Å². The van der Waals surface area contributed by atoms with E-state index in [1.54, 1.807) is 0 Å². The summed E-state index contributed by atoms with van der Waals surface area (Å²) < 4.78 is 22.5. The number of carboxylic acids is 1. The number of aromatic nitrogens is 2. The Labute approximate surface area is 135 Å². The fraction of sp³-hybridized carbons (Fsp3) is 0. The number of fused-ring (bicyclic) bond motifs is 1. The smallest absolute Gasteiger partial charge is 0.335 e. The quantitative estimate of drug-likeness (QED) is 0.644. The largest absolute Gasteiger partial charge is 0.478 e. The minimum atomic E-state index is -3.82. The first-order valence-electron chi connectivity index (χ1n) is 6.66. The van der Waals surface area contributed by atoms with Crippen molar-refractivity contribution < 1.29 is 18.3 Å². The van der Waals surface area contributed by atoms with Crippen LogP contribution in [0, 0.1) is 0 Å². The molecule has 0 spiro atoms. The second kappa shape index (κ2) is 5.55. The van der Waals surface area contributed by atoms with E-state index in [-0.39, 0.29) is 27.2 Å². The molecule has 3 rings (SSSR count). The average molecular weight is 345 g/mol. The van der Waals surface area contributed by atoms with E-state index in [0.29, 0.717) is 5.56 Å². The summed E-state index contributed by atoms with van der Waals surface area (Å²) in [5.41, 5.74) is 0.268. The molecular formula is C15H11N3O5S. The Balaban J connectivity index is 2.16. The van der Waals surface area contributed by atoms with Gasteiger partial charge >= 0.3 is 5.97 Å². The number of aromatic carboxylic acids is 1. The number of carbonyl (C=O) groups is 1. The maximum absolute atomic E-state index is 12.1. The molecule has 0 saturated heterocycles. The lowest BCUT2D eigenvalue weighted by Gasteiger charge is -2.05. The molecule has 1 aromatic heterocycles. The van der Waals surface area contributed by atoms with E-state index in [0.717, 1.165) is 0 Å². The summed E-state index contributed by atoms with van der Waals surface area (Å²) in [6.07, 6.45) is 0. The molecule has 0 saturated carbocycles. The number of sulfonamides is 1. The lowest BCUT2D eigenvalue weighted by atomic mass is 10.1. The highest BCUT2D eigenvalue weighted by Gasteiger charge is 2.11. The Morgan fingerprint density at radius 1 is 1.12 bits per heavy atom. The minimum Gasteiger partial charge on any atom is -0.478 e. The fourth-order valence-corrected chi connectivity index (χ4v) is 2.73. The summed E-state index contributed by atoms with van der Waals surface area (Å²) in [7, 11) is -3.82. The van der Waals surface area contributed by atoms with Crippen LogP contribution in [0.4, 0.5) is 0 Å². The molecule has 0 atom stereocenters. The number of nitrogens with one attached hydrogen (secondary N) is 1. The molecule has 0 aliphatic heterocycles. The molecule has 24 heavy (non-hydrogen) atoms. The second-order valence-electron chi connectivity index (χ2n) is 5.02. The average Bonchev–Trinajstić information content (AvgIpc) is 2.53. The van der Waals surface area contributed by atoms with E-state index >= 15 is 0 Å². The number of aromatic amines is 1. The maximum Gasteiger partial charge on any atom is 0.335 e. The van der Waals surface area contributed by atoms with E-state index in [4.69, 9.17) is 10.2 Å². The molecule has 1 heterocycles. The van der Waals surface area contributed by atoms with Gasteiger partial charge in [-0.25, -0.2) is 23.3 Å². The monoisotopic (exact) mass is 345 g/mol. The minimum absolute atomic E-state index is 0.0103. The molecule has 0 amide bonds. The molecule has 0 aliphatic rings. The summed E-state index contributed by atoms with van der Waals surface area (Å²) in [6.45, 7) is 0. The van der Waals surface area contributed by atoms with Gasteiger partial charge < -0.3 is 10.1 Å². The van der Waals surface area contributed by atoms with E-state index in [1.165, 1.54) is 42.5 Å². The van der Waals surface area contributed by atoms with Gasteiger partial charge in [0, 0.05) is 5.56 Å². The number of nitrogens with zero attached hydrogens (tertiary/aromatic N) is 1. The van der Waals surface area contributed by atoms with Crippen LogP contribution in [-0.4, -0.2) is 29.5 Å². The van der Waals surface area contributed by atoms with Gasteiger partial charge in [-0.3, -0.25) is 4.79 Å². The van der Waals surface area contributed by atoms with Crippen molar-refractivity contribution in [2.24, 2.45) is 5.14 Å². The number of primary sulfonamides is 1. The Morgan fingerprint density at radius 2 is 1.79 bits per heavy atom. The number of rotatable bonds is 3. The SMILES string of the molecule is NS(=O)(=O)c1ccc(-c2nc3cc(C(=O)O)ccc3c(=O)[nH]2)cc1. The zero-order valence-corrected chi connectivity index (χ0v) is 12.9. The van der Waals surface area contributed by atoms with E-state index in [9.17, 15) is 18.0 Å². The Morgan fingerprint density at radius 3 is 2.38 bits per heavy atom. The molecular weight excluding hydrogens is 334 g/mol. The zero-order chi connectivity index (χ0) is 17.5. The third-order valence-corrected chi connectivity index (χ3v) is 4.34. The van der Waals surface area contributed by atoms with Crippen LogP contribution in [-0.2, 0) is 10.0 Å². The second-order valence-corrected chi connectivity index (χ2v) is 6.58. The first-order chi connectivity index (χ1) is 11.3. The molecule has 0 aliphatic carbocycles. The Hall–Kier alpha value is -3.04. The third-order valence-electron chi connectivity index (χ3n) is 3.41. The van der Waals surface area contributed by atoms with E-state index < -0.39 is 21.6 Å². The molecule has 9 heteroatoms. The van der Waals surface area contributed by atoms with Crippen molar-refractivity contribution in [3.63, 3.8) is 0 Å². The van der Waals surface area contributed by atoms with Crippen LogP contribution < -0.4 is 10.7 Å². The van der Waals surface area contributed by atoms with Crippen LogP contribution in [0.2, 0.25) is 0 Å². The van der Waals surface area contributed by atoms with Gasteiger partial charge in [-0.05, 0) is 42.5 Å². The lowest BCUT2D eigenvalue weighted by molar-refractivity contribution is 0.0697. The first-order valence-corrected chi connectivity index (χ1v) is 8.21. The number of hydrogen-bond acceptors (Lipinski definition) is 5. The molecule has 0 unspecified atom stereocenters. The number of benzene rings is 2. The topological polar surface area (TPSA) is 143 Å². The van der Waals surface area contributed by atoms with Crippen LogP contribution in [0.15, 0.2) is 52.2 Å². The first kappa shape index (κ1) is 15.8. The highest BCUT2D eigenvalue weighted by Crippen LogP contribution is 2.19. The number of H-pyrrole nitrogens is 1. The van der Waals surface area contributed by atoms with Gasteiger partial charge in [0.05, 0.1) is 21.4 Å². The lowest BCUT2D eigenvalue weighted by Crippen LogP contribution is -2.12. The van der Waals surface area contributed by atoms with Gasteiger partial charge in [0.15, 0.2) is 0 Å². The maximum atomic E-state index is 12.1. The van der Waals surface area contributed by atoms with E-state index in [1.807, 2.05) is 0 Å². The van der Waals surface area contributed by atoms with Gasteiger partial charge in [-0.2, -0.15) is 0 Å². The van der Waals surface area contributed by atoms with Crippen molar-refractivity contribution in [2.45, 2.75) is 4.90 Å². The number of carboxylic acid groups (broad SMARTS) is 1. The Bertz CT molecular complexity index is 1120. The molecule has 2 aromatic carbocycles. The Kier molecular flexibility index (Phi) is 3.66. The molecule has 0 fully saturated rings. The predicted octanol–water partition coefficient (Wildman–Crippen LogP) is 0.936. The van der Waals surface area contributed by atoms with Crippen LogP contribution in [0.1, 0.15) is 10.4 Å². The van der Waals surface area contributed by atoms with Gasteiger partial charge in [-0.1, -0.05) is 0 Å². The van der Waals surface area contributed by atoms with Crippen LogP contribution >= 0.6 is 0 Å². The molecule has 8 nitrogen and oxygen atoms in total. The summed E-state index contributed by atoms with van der Waals surface area (Å²) in [6, 6.07) is 9.50. The predicted molar refractivity (Wildman–Crippen MR) is 86.1 cm³/mol. The van der Waals surface area contributed by atoms with Crippen LogP contribution in [0.3, 0.4) is 0 Å². The standard InChI is InChI=1S/C15H11N3O5S/c16-24(22,23)10-4-1-8(2-5-10)13-17-12-7-9(15(20)21)3-6-11(12)14(19)18-13/h1-7H,(H,20,21)(H2,16,22,23)(H,17,18,19). The van der Waals surface area contributed by atoms with Crippen LogP contribution in [0.25, 0.3) is 22.3 Å². The summed E-state index contributed by atoms with van der Waals surface area (Å²) >= 11 is 0. The summed E-state index contributed by atoms with van der Waals surface area (Å²) in [4.78, 5) is 29.9. The highest BCUT2D eigenvalue weighted by atomic mass is 32.2. The van der Waals surface area contributed by atoms with Crippen molar-refractivity contribution in [1.29, 1.82) is 0 Å². The summed E-state index contributed by atoms with van der Waals surface area (Å²) in [5.74, 6) is -0.936. The normalized spacial score (nSPS) is 11.5. The number of nitrogens with two attached hydrogens (primary N) is 1. The number of hydrogen-bond donors (Lipinski definition) is 3. The molecule has 122 valence electrons. The highest BCUT2D eigenvalue weighted by molar-refractivity contribution is 7.89. The third kappa shape index (κ3) is 2.90. The van der Waals surface area contributed by atoms with Gasteiger partial charge in [-0.15, -0.1) is 0 Å². The van der Waals surface area contributed by atoms with Crippen molar-refractivity contribution in [3.05, 3.63) is 58.4 Å². The molecule has 0 radical (unpaired) electrons. The van der Waals surface area contributed by atoms with Crippen molar-refractivity contribution in [2.75, 3.05) is 0 Å². The molecule has 3 aromatic rings. The van der Waals surface area contributed by atoms with Crippen molar-refractivity contribution in [3.8, 4) is 11.4 Å². The van der Waals surface area contributed by atoms with Crippen LogP contribution in [0.5, 0.6) is 0 Å². The van der Waals surface area contributed by atoms with Crippen molar-refractivity contribution in [1.82, 2.24) is 9.97 Å². The van der Waals surface area contributed by atoms with Gasteiger partial charge in [0.2, 0.25) is 10.0 Å². The summed E-state index contributed by atoms with van der Waals surface area (Å²) in [5, 5.41) is 14.3. The molecule has 0 bridgehead atoms. The van der Waals surface area contributed by atoms with Gasteiger partial charge in [0.25, 0.3) is 5.56 Å².